The van der Waals surface area contributed by atoms with Crippen LogP contribution in [0.1, 0.15) is 18.1 Å². The van der Waals surface area contributed by atoms with Crippen molar-refractivity contribution in [2.45, 2.75) is 12.5 Å². The highest BCUT2D eigenvalue weighted by molar-refractivity contribution is 9.10. The molecule has 0 radical (unpaired) electrons. The number of nitrogens with two attached hydrogens (primary N) is 1. The molecule has 4 nitrogen and oxygen atoms in total. The maximum Gasteiger partial charge on any atom is 0.172 e. The predicted octanol–water partition coefficient (Wildman–Crippen LogP) is 1.55. The van der Waals surface area contributed by atoms with Crippen molar-refractivity contribution in [2.24, 2.45) is 5.73 Å². The number of benzene rings is 1. The quantitative estimate of drug-likeness (QED) is 0.779. The minimum absolute atomic E-state index is 0.00827. The van der Waals surface area contributed by atoms with Crippen LogP contribution in [0.15, 0.2) is 16.6 Å². The second-order valence-corrected chi connectivity index (χ2v) is 3.91. The highest BCUT2D eigenvalue weighted by Crippen LogP contribution is 2.39. The Morgan fingerprint density at radius 1 is 1.53 bits per heavy atom. The molecule has 4 N–H and O–H groups in total. The molecule has 0 fully saturated rings. The minimum Gasteiger partial charge on any atom is -0.503 e. The van der Waals surface area contributed by atoms with Crippen LogP contribution >= 0.6 is 15.9 Å². The molecule has 0 saturated heterocycles. The summed E-state index contributed by atoms with van der Waals surface area (Å²) in [4.78, 5) is 0. The lowest BCUT2D eigenvalue weighted by molar-refractivity contribution is 0.169. The fourth-order valence-electron chi connectivity index (χ4n) is 1.30. The van der Waals surface area contributed by atoms with E-state index in [0.29, 0.717) is 28.8 Å². The SMILES string of the molecule is COc1ccc([C@@H](O)CCN)c(Br)c1O. The zero-order valence-electron chi connectivity index (χ0n) is 8.40. The fraction of sp³-hybridized carbons (Fsp3) is 0.400. The summed E-state index contributed by atoms with van der Waals surface area (Å²) < 4.78 is 5.38. The summed E-state index contributed by atoms with van der Waals surface area (Å²) in [6.07, 6.45) is -0.231. The smallest absolute Gasteiger partial charge is 0.172 e. The first-order chi connectivity index (χ1) is 7.11. The topological polar surface area (TPSA) is 75.7 Å². The highest BCUT2D eigenvalue weighted by Gasteiger charge is 2.16. The summed E-state index contributed by atoms with van der Waals surface area (Å²) in [5.41, 5.74) is 5.96. The number of phenols is 1. The van der Waals surface area contributed by atoms with Crippen LogP contribution in [-0.4, -0.2) is 23.9 Å². The number of hydrogen-bond acceptors (Lipinski definition) is 4. The zero-order chi connectivity index (χ0) is 11.4. The summed E-state index contributed by atoms with van der Waals surface area (Å²) >= 11 is 3.21. The number of rotatable bonds is 4. The van der Waals surface area contributed by atoms with Gasteiger partial charge in [-0.2, -0.15) is 0 Å². The van der Waals surface area contributed by atoms with Gasteiger partial charge in [-0.25, -0.2) is 0 Å². The first-order valence-corrected chi connectivity index (χ1v) is 5.34. The van der Waals surface area contributed by atoms with Crippen molar-refractivity contribution in [1.82, 2.24) is 0 Å². The van der Waals surface area contributed by atoms with E-state index in [4.69, 9.17) is 10.5 Å². The maximum atomic E-state index is 9.73. The van der Waals surface area contributed by atoms with Gasteiger partial charge in [-0.1, -0.05) is 6.07 Å². The lowest BCUT2D eigenvalue weighted by Gasteiger charge is -2.14. The number of methoxy groups -OCH3 is 1. The summed E-state index contributed by atoms with van der Waals surface area (Å²) in [6.45, 7) is 0.389. The molecule has 0 aliphatic carbocycles. The molecular weight excluding hydrogens is 262 g/mol. The van der Waals surface area contributed by atoms with Gasteiger partial charge in [-0.15, -0.1) is 0 Å². The first kappa shape index (κ1) is 12.3. The number of aliphatic hydroxyl groups is 1. The lowest BCUT2D eigenvalue weighted by Crippen LogP contribution is -2.07. The molecule has 84 valence electrons. The minimum atomic E-state index is -0.679. The third-order valence-electron chi connectivity index (χ3n) is 2.13. The largest absolute Gasteiger partial charge is 0.503 e. The molecule has 0 spiro atoms. The molecule has 0 heterocycles. The Balaban J connectivity index is 3.06. The van der Waals surface area contributed by atoms with Gasteiger partial charge in [0.1, 0.15) is 0 Å². The molecule has 0 aliphatic heterocycles. The Labute approximate surface area is 96.8 Å². The molecule has 1 atom stereocenters. The Morgan fingerprint density at radius 3 is 2.73 bits per heavy atom. The number of phenolic OH excluding ortho intramolecular Hbond substituents is 1. The van der Waals surface area contributed by atoms with Crippen molar-refractivity contribution in [1.29, 1.82) is 0 Å². The molecule has 5 heteroatoms. The first-order valence-electron chi connectivity index (χ1n) is 4.55. The molecule has 0 aromatic heterocycles. The Hall–Kier alpha value is -0.780. The van der Waals surface area contributed by atoms with Crippen LogP contribution in [0, 0.1) is 0 Å². The van der Waals surface area contributed by atoms with Gasteiger partial charge in [0.25, 0.3) is 0 Å². The molecule has 1 aromatic carbocycles. The van der Waals surface area contributed by atoms with Gasteiger partial charge in [0.05, 0.1) is 17.7 Å². The maximum absolute atomic E-state index is 9.73. The van der Waals surface area contributed by atoms with Crippen LogP contribution in [0.2, 0.25) is 0 Å². The van der Waals surface area contributed by atoms with E-state index in [9.17, 15) is 10.2 Å². The fourth-order valence-corrected chi connectivity index (χ4v) is 1.89. The van der Waals surface area contributed by atoms with Crippen LogP contribution in [0.4, 0.5) is 0 Å². The average molecular weight is 276 g/mol. The number of aromatic hydroxyl groups is 1. The summed E-state index contributed by atoms with van der Waals surface area (Å²) in [6, 6.07) is 3.30. The molecule has 0 amide bonds. The molecule has 0 saturated carbocycles. The Morgan fingerprint density at radius 2 is 2.20 bits per heavy atom. The molecule has 1 aromatic rings. The van der Waals surface area contributed by atoms with E-state index in [-0.39, 0.29) is 5.75 Å². The van der Waals surface area contributed by atoms with E-state index >= 15 is 0 Å². The summed E-state index contributed by atoms with van der Waals surface area (Å²) in [5, 5.41) is 19.4. The van der Waals surface area contributed by atoms with Crippen molar-refractivity contribution in [3.63, 3.8) is 0 Å². The van der Waals surface area contributed by atoms with Gasteiger partial charge in [0, 0.05) is 0 Å². The number of halogens is 1. The van der Waals surface area contributed by atoms with Crippen LogP contribution < -0.4 is 10.5 Å². The van der Waals surface area contributed by atoms with Gasteiger partial charge < -0.3 is 20.7 Å². The van der Waals surface area contributed by atoms with Gasteiger partial charge in [0.15, 0.2) is 11.5 Å². The van der Waals surface area contributed by atoms with Crippen LogP contribution in [-0.2, 0) is 0 Å². The summed E-state index contributed by atoms with van der Waals surface area (Å²) in [5.74, 6) is 0.358. The number of aliphatic hydroxyl groups excluding tert-OH is 1. The molecule has 0 bridgehead atoms. The van der Waals surface area contributed by atoms with Crippen molar-refractivity contribution >= 4 is 15.9 Å². The van der Waals surface area contributed by atoms with Crippen LogP contribution in [0.3, 0.4) is 0 Å². The van der Waals surface area contributed by atoms with E-state index in [1.165, 1.54) is 7.11 Å². The van der Waals surface area contributed by atoms with Gasteiger partial charge in [0.2, 0.25) is 0 Å². The predicted molar refractivity (Wildman–Crippen MR) is 61.0 cm³/mol. The van der Waals surface area contributed by atoms with E-state index in [1.54, 1.807) is 12.1 Å². The molecule has 0 aliphatic rings. The number of ether oxygens (including phenoxy) is 1. The second-order valence-electron chi connectivity index (χ2n) is 3.11. The standard InChI is InChI=1S/C10H14BrNO3/c1-15-8-3-2-6(7(13)4-5-12)9(11)10(8)14/h2-3,7,13-14H,4-5,12H2,1H3/t7-/m0/s1. The van der Waals surface area contributed by atoms with Crippen molar-refractivity contribution in [3.8, 4) is 11.5 Å². The van der Waals surface area contributed by atoms with Crippen LogP contribution in [0.5, 0.6) is 11.5 Å². The van der Waals surface area contributed by atoms with E-state index in [1.807, 2.05) is 0 Å². The zero-order valence-corrected chi connectivity index (χ0v) is 9.99. The van der Waals surface area contributed by atoms with Gasteiger partial charge in [-0.05, 0) is 40.5 Å². The van der Waals surface area contributed by atoms with Crippen LogP contribution in [0.25, 0.3) is 0 Å². The van der Waals surface area contributed by atoms with Crippen molar-refractivity contribution < 1.29 is 14.9 Å². The Bertz CT molecular complexity index is 344. The third-order valence-corrected chi connectivity index (χ3v) is 2.96. The van der Waals surface area contributed by atoms with E-state index in [2.05, 4.69) is 15.9 Å². The monoisotopic (exact) mass is 275 g/mol. The Kier molecular flexibility index (Phi) is 4.38. The molecule has 0 unspecified atom stereocenters. The normalized spacial score (nSPS) is 12.5. The van der Waals surface area contributed by atoms with Gasteiger partial charge in [-0.3, -0.25) is 0 Å². The molecule has 1 rings (SSSR count). The van der Waals surface area contributed by atoms with Gasteiger partial charge >= 0.3 is 0 Å². The van der Waals surface area contributed by atoms with Crippen molar-refractivity contribution in [3.05, 3.63) is 22.2 Å². The number of hydrogen-bond donors (Lipinski definition) is 3. The lowest BCUT2D eigenvalue weighted by atomic mass is 10.1. The summed E-state index contributed by atoms with van der Waals surface area (Å²) in [7, 11) is 1.47. The highest BCUT2D eigenvalue weighted by atomic mass is 79.9. The van der Waals surface area contributed by atoms with E-state index < -0.39 is 6.10 Å². The second kappa shape index (κ2) is 5.34. The molecule has 15 heavy (non-hydrogen) atoms. The average Bonchev–Trinajstić information content (AvgIpc) is 2.22. The van der Waals surface area contributed by atoms with E-state index in [0.717, 1.165) is 0 Å². The van der Waals surface area contributed by atoms with Crippen molar-refractivity contribution in [2.75, 3.05) is 13.7 Å². The molecular formula is C10H14BrNO3. The third kappa shape index (κ3) is 2.62.